The molecule has 1 aromatic rings. The van der Waals surface area contributed by atoms with Gasteiger partial charge in [-0.2, -0.15) is 0 Å². The number of halogens is 2. The minimum Gasteiger partial charge on any atom is -0.399 e. The first-order chi connectivity index (χ1) is 6.31. The second-order valence-electron chi connectivity index (χ2n) is 4.31. The van der Waals surface area contributed by atoms with Gasteiger partial charge in [-0.25, -0.2) is 0 Å². The van der Waals surface area contributed by atoms with Crippen LogP contribution in [0.5, 0.6) is 0 Å². The number of nitrogens with two attached hydrogens (primary N) is 1. The van der Waals surface area contributed by atoms with Crippen LogP contribution >= 0.6 is 24.8 Å². The molecule has 1 aliphatic heterocycles. The second-order valence-corrected chi connectivity index (χ2v) is 4.31. The molecule has 2 fully saturated rings. The highest BCUT2D eigenvalue weighted by Crippen LogP contribution is 2.56. The van der Waals surface area contributed by atoms with Crippen LogP contribution in [0.25, 0.3) is 0 Å². The molecule has 0 aromatic heterocycles. The Balaban J connectivity index is 0.000000562. The Morgan fingerprint density at radius 1 is 1.20 bits per heavy atom. The van der Waals surface area contributed by atoms with Gasteiger partial charge in [-0.05, 0) is 36.6 Å². The Morgan fingerprint density at radius 2 is 1.87 bits per heavy atom. The molecule has 4 heteroatoms. The maximum absolute atomic E-state index is 5.67. The maximum atomic E-state index is 5.67. The summed E-state index contributed by atoms with van der Waals surface area (Å²) >= 11 is 0. The third-order valence-electron chi connectivity index (χ3n) is 3.55. The number of fused-ring (bicyclic) bond motifs is 1. The highest BCUT2D eigenvalue weighted by Gasteiger charge is 2.57. The lowest BCUT2D eigenvalue weighted by molar-refractivity contribution is 0.676. The van der Waals surface area contributed by atoms with Crippen LogP contribution in [0.1, 0.15) is 12.0 Å². The van der Waals surface area contributed by atoms with Crippen LogP contribution in [0.15, 0.2) is 24.3 Å². The summed E-state index contributed by atoms with van der Waals surface area (Å²) in [6, 6.07) is 8.39. The molecule has 3 rings (SSSR count). The first-order valence-electron chi connectivity index (χ1n) is 4.88. The highest BCUT2D eigenvalue weighted by molar-refractivity contribution is 5.85. The van der Waals surface area contributed by atoms with E-state index in [1.54, 1.807) is 0 Å². The van der Waals surface area contributed by atoms with Crippen LogP contribution in [0.2, 0.25) is 0 Å². The molecule has 0 radical (unpaired) electrons. The molecule has 2 unspecified atom stereocenters. The summed E-state index contributed by atoms with van der Waals surface area (Å²) in [4.78, 5) is 0. The molecule has 2 atom stereocenters. The van der Waals surface area contributed by atoms with Gasteiger partial charge in [-0.3, -0.25) is 0 Å². The van der Waals surface area contributed by atoms with Crippen LogP contribution < -0.4 is 11.1 Å². The number of hydrogen-bond donors (Lipinski definition) is 2. The Bertz CT molecular complexity index is 339. The molecule has 0 bridgehead atoms. The van der Waals surface area contributed by atoms with E-state index in [1.165, 1.54) is 18.5 Å². The quantitative estimate of drug-likeness (QED) is 0.744. The molecule has 1 heterocycles. The minimum atomic E-state index is 0. The zero-order valence-corrected chi connectivity index (χ0v) is 10.0. The number of benzene rings is 1. The van der Waals surface area contributed by atoms with Gasteiger partial charge < -0.3 is 11.1 Å². The van der Waals surface area contributed by atoms with Gasteiger partial charge in [-0.1, -0.05) is 12.1 Å². The number of hydrogen-bond acceptors (Lipinski definition) is 2. The predicted molar refractivity (Wildman–Crippen MR) is 68.0 cm³/mol. The monoisotopic (exact) mass is 246 g/mol. The average Bonchev–Trinajstić information content (AvgIpc) is 2.71. The van der Waals surface area contributed by atoms with Gasteiger partial charge in [0.15, 0.2) is 0 Å². The van der Waals surface area contributed by atoms with Crippen LogP contribution in [0.3, 0.4) is 0 Å². The van der Waals surface area contributed by atoms with E-state index >= 15 is 0 Å². The van der Waals surface area contributed by atoms with Crippen molar-refractivity contribution in [3.63, 3.8) is 0 Å². The molecule has 15 heavy (non-hydrogen) atoms. The van der Waals surface area contributed by atoms with E-state index in [4.69, 9.17) is 5.73 Å². The summed E-state index contributed by atoms with van der Waals surface area (Å²) in [6.07, 6.45) is 1.36. The van der Waals surface area contributed by atoms with Gasteiger partial charge in [0, 0.05) is 17.6 Å². The first kappa shape index (κ1) is 12.6. The number of rotatable bonds is 1. The van der Waals surface area contributed by atoms with E-state index < -0.39 is 0 Å². The Hall–Kier alpha value is -0.440. The third-order valence-corrected chi connectivity index (χ3v) is 3.55. The summed E-state index contributed by atoms with van der Waals surface area (Å²) in [5.74, 6) is 0.885. The molecule has 84 valence electrons. The SMILES string of the molecule is Cl.Cl.Nc1ccc(C23CNCC2C3)cc1. The van der Waals surface area contributed by atoms with Crippen LogP contribution in [0, 0.1) is 5.92 Å². The van der Waals surface area contributed by atoms with Gasteiger partial charge in [0.2, 0.25) is 0 Å². The molecule has 2 aliphatic rings. The summed E-state index contributed by atoms with van der Waals surface area (Å²) in [5, 5.41) is 3.44. The van der Waals surface area contributed by atoms with Gasteiger partial charge >= 0.3 is 0 Å². The van der Waals surface area contributed by atoms with E-state index in [9.17, 15) is 0 Å². The Morgan fingerprint density at radius 3 is 2.33 bits per heavy atom. The Kier molecular flexibility index (Phi) is 3.54. The second kappa shape index (κ2) is 4.20. The molecule has 3 N–H and O–H groups in total. The van der Waals surface area contributed by atoms with Crippen molar-refractivity contribution in [2.75, 3.05) is 18.8 Å². The fourth-order valence-electron chi connectivity index (χ4n) is 2.60. The number of anilines is 1. The number of nitrogens with one attached hydrogen (secondary N) is 1. The highest BCUT2D eigenvalue weighted by atomic mass is 35.5. The van der Waals surface area contributed by atoms with Crippen LogP contribution in [0.4, 0.5) is 5.69 Å². The van der Waals surface area contributed by atoms with Crippen LogP contribution in [-0.2, 0) is 5.41 Å². The van der Waals surface area contributed by atoms with Crippen molar-refractivity contribution in [1.82, 2.24) is 5.32 Å². The molecule has 1 aliphatic carbocycles. The topological polar surface area (TPSA) is 38.0 Å². The standard InChI is InChI=1S/C11H14N2.2ClH/c12-10-3-1-8(2-4-10)11-5-9(11)6-13-7-11;;/h1-4,9,13H,5-7,12H2;2*1H. The van der Waals surface area contributed by atoms with E-state index in [2.05, 4.69) is 17.4 Å². The van der Waals surface area contributed by atoms with E-state index in [1.807, 2.05) is 12.1 Å². The molecule has 1 saturated carbocycles. The minimum absolute atomic E-state index is 0. The van der Waals surface area contributed by atoms with Crippen molar-refractivity contribution < 1.29 is 0 Å². The maximum Gasteiger partial charge on any atom is 0.0314 e. The van der Waals surface area contributed by atoms with Gasteiger partial charge in [0.1, 0.15) is 0 Å². The van der Waals surface area contributed by atoms with Crippen molar-refractivity contribution in [3.05, 3.63) is 29.8 Å². The lowest BCUT2D eigenvalue weighted by atomic mass is 9.95. The molecule has 1 saturated heterocycles. The molecular formula is C11H16Cl2N2. The summed E-state index contributed by atoms with van der Waals surface area (Å²) < 4.78 is 0. The van der Waals surface area contributed by atoms with E-state index in [-0.39, 0.29) is 24.8 Å². The number of piperidine rings is 1. The average molecular weight is 247 g/mol. The zero-order valence-electron chi connectivity index (χ0n) is 8.40. The molecule has 2 nitrogen and oxygen atoms in total. The van der Waals surface area contributed by atoms with Crippen molar-refractivity contribution in [2.45, 2.75) is 11.8 Å². The normalized spacial score (nSPS) is 31.1. The van der Waals surface area contributed by atoms with Crippen molar-refractivity contribution in [3.8, 4) is 0 Å². The fourth-order valence-corrected chi connectivity index (χ4v) is 2.60. The van der Waals surface area contributed by atoms with E-state index in [0.29, 0.717) is 5.41 Å². The van der Waals surface area contributed by atoms with Gasteiger partial charge in [0.25, 0.3) is 0 Å². The lowest BCUT2D eigenvalue weighted by Gasteiger charge is -2.11. The molecule has 0 amide bonds. The zero-order chi connectivity index (χ0) is 8.89. The third kappa shape index (κ3) is 1.82. The Labute approximate surface area is 102 Å². The molecule has 1 aromatic carbocycles. The summed E-state index contributed by atoms with van der Waals surface area (Å²) in [6.45, 7) is 2.35. The van der Waals surface area contributed by atoms with Gasteiger partial charge in [0.05, 0.1) is 0 Å². The van der Waals surface area contributed by atoms with E-state index in [0.717, 1.165) is 18.2 Å². The predicted octanol–water partition coefficient (Wildman–Crippen LogP) is 1.97. The fraction of sp³-hybridized carbons (Fsp3) is 0.455. The summed E-state index contributed by atoms with van der Waals surface area (Å²) in [5.41, 5.74) is 8.48. The number of nitrogen functional groups attached to an aromatic ring is 1. The smallest absolute Gasteiger partial charge is 0.0314 e. The van der Waals surface area contributed by atoms with Gasteiger partial charge in [-0.15, -0.1) is 24.8 Å². The summed E-state index contributed by atoms with van der Waals surface area (Å²) in [7, 11) is 0. The molecule has 0 spiro atoms. The van der Waals surface area contributed by atoms with Crippen molar-refractivity contribution >= 4 is 30.5 Å². The van der Waals surface area contributed by atoms with Crippen molar-refractivity contribution in [2.24, 2.45) is 5.92 Å². The lowest BCUT2D eigenvalue weighted by Crippen LogP contribution is -2.19. The molecular weight excluding hydrogens is 231 g/mol. The first-order valence-corrected chi connectivity index (χ1v) is 4.88. The van der Waals surface area contributed by atoms with Crippen molar-refractivity contribution in [1.29, 1.82) is 0 Å². The van der Waals surface area contributed by atoms with Crippen LogP contribution in [-0.4, -0.2) is 13.1 Å². The largest absolute Gasteiger partial charge is 0.399 e.